The molecule has 8 heteroatoms. The summed E-state index contributed by atoms with van der Waals surface area (Å²) in [6.45, 7) is 2.16. The molecule has 20 heavy (non-hydrogen) atoms. The Labute approximate surface area is 122 Å². The average molecular weight is 351 g/mol. The molecule has 110 valence electrons. The zero-order valence-corrected chi connectivity index (χ0v) is 12.2. The minimum atomic E-state index is -1.46. The van der Waals surface area contributed by atoms with Gasteiger partial charge in [0.25, 0.3) is 5.91 Å². The number of nitro groups is 1. The van der Waals surface area contributed by atoms with Crippen molar-refractivity contribution in [3.63, 3.8) is 0 Å². The zero-order chi connectivity index (χ0) is 15.3. The highest BCUT2D eigenvalue weighted by molar-refractivity contribution is 9.09. The predicted octanol–water partition coefficient (Wildman–Crippen LogP) is 3.17. The zero-order valence-electron chi connectivity index (χ0n) is 10.7. The average Bonchev–Trinajstić information content (AvgIpc) is 2.38. The largest absolute Gasteiger partial charge is 0.352 e. The number of hydrogen-bond donors (Lipinski definition) is 1. The monoisotopic (exact) mass is 350 g/mol. The summed E-state index contributed by atoms with van der Waals surface area (Å²) in [6.07, 6.45) is 1.43. The smallest absolute Gasteiger partial charge is 0.305 e. The third kappa shape index (κ3) is 3.96. The number of nitro benzene ring substituents is 1. The second-order valence-electron chi connectivity index (χ2n) is 4.06. The number of nitrogens with zero attached hydrogens (tertiary/aromatic N) is 1. The fourth-order valence-corrected chi connectivity index (χ4v) is 1.75. The molecule has 1 N–H and O–H groups in total. The van der Waals surface area contributed by atoms with E-state index in [2.05, 4.69) is 21.2 Å². The molecule has 0 saturated carbocycles. The third-order valence-corrected chi connectivity index (χ3v) is 3.79. The maximum absolute atomic E-state index is 13.7. The van der Waals surface area contributed by atoms with Crippen LogP contribution in [0.1, 0.15) is 30.1 Å². The Balaban J connectivity index is 2.87. The Morgan fingerprint density at radius 1 is 1.50 bits per heavy atom. The van der Waals surface area contributed by atoms with Crippen molar-refractivity contribution in [2.75, 3.05) is 6.54 Å². The van der Waals surface area contributed by atoms with Crippen molar-refractivity contribution >= 4 is 27.5 Å². The van der Waals surface area contributed by atoms with Gasteiger partial charge in [0.1, 0.15) is 11.4 Å². The van der Waals surface area contributed by atoms with Crippen molar-refractivity contribution in [2.24, 2.45) is 0 Å². The summed E-state index contributed by atoms with van der Waals surface area (Å²) in [5.74, 6) is -3.59. The van der Waals surface area contributed by atoms with Crippen LogP contribution < -0.4 is 5.32 Å². The molecule has 0 radical (unpaired) electrons. The molecule has 0 aliphatic rings. The second-order valence-corrected chi connectivity index (χ2v) is 5.36. The molecule has 1 amide bonds. The molecule has 5 nitrogen and oxygen atoms in total. The van der Waals surface area contributed by atoms with Crippen LogP contribution in [-0.4, -0.2) is 22.2 Å². The van der Waals surface area contributed by atoms with Gasteiger partial charge in [-0.3, -0.25) is 14.9 Å². The summed E-state index contributed by atoms with van der Waals surface area (Å²) in [7, 11) is 0. The molecule has 1 rings (SSSR count). The van der Waals surface area contributed by atoms with E-state index in [1.54, 1.807) is 0 Å². The first-order valence-corrected chi connectivity index (χ1v) is 6.84. The van der Waals surface area contributed by atoms with E-state index < -0.39 is 33.7 Å². The van der Waals surface area contributed by atoms with Crippen LogP contribution in [0.2, 0.25) is 0 Å². The third-order valence-electron chi connectivity index (χ3n) is 2.68. The molecular formula is C12H13BrF2N2O3. The topological polar surface area (TPSA) is 72.2 Å². The fourth-order valence-electron chi connectivity index (χ4n) is 1.53. The van der Waals surface area contributed by atoms with E-state index in [0.29, 0.717) is 18.6 Å². The highest BCUT2D eigenvalue weighted by atomic mass is 79.9. The highest BCUT2D eigenvalue weighted by Gasteiger charge is 2.25. The standard InChI is InChI=1S/C12H13BrF2N2O3/c1-2-7(13)5-6-16-12(18)10-8(14)3-4-9(11(10)15)17(19)20/h3-4,7H,2,5-6H2,1H3,(H,16,18). The Kier molecular flexibility index (Phi) is 6.00. The SMILES string of the molecule is CCC(Br)CCNC(=O)c1c(F)ccc([N+](=O)[O-])c1F. The highest BCUT2D eigenvalue weighted by Crippen LogP contribution is 2.23. The molecule has 0 aliphatic heterocycles. The number of alkyl halides is 1. The molecule has 1 atom stereocenters. The normalized spacial score (nSPS) is 12.0. The Morgan fingerprint density at radius 3 is 2.70 bits per heavy atom. The van der Waals surface area contributed by atoms with Crippen molar-refractivity contribution in [1.82, 2.24) is 5.32 Å². The van der Waals surface area contributed by atoms with E-state index in [4.69, 9.17) is 0 Å². The molecule has 1 unspecified atom stereocenters. The molecule has 0 spiro atoms. The van der Waals surface area contributed by atoms with Gasteiger partial charge in [-0.2, -0.15) is 4.39 Å². The minimum absolute atomic E-state index is 0.183. The summed E-state index contributed by atoms with van der Waals surface area (Å²) in [5.41, 5.74) is -1.86. The van der Waals surface area contributed by atoms with E-state index >= 15 is 0 Å². The molecule has 0 saturated heterocycles. The lowest BCUT2D eigenvalue weighted by Gasteiger charge is -2.09. The van der Waals surface area contributed by atoms with Gasteiger partial charge in [-0.25, -0.2) is 4.39 Å². The second kappa shape index (κ2) is 7.28. The minimum Gasteiger partial charge on any atom is -0.352 e. The van der Waals surface area contributed by atoms with Crippen LogP contribution in [0.3, 0.4) is 0 Å². The number of benzene rings is 1. The van der Waals surface area contributed by atoms with Crippen molar-refractivity contribution in [2.45, 2.75) is 24.6 Å². The molecule has 0 aliphatic carbocycles. The molecule has 0 heterocycles. The first-order chi connectivity index (χ1) is 9.38. The van der Waals surface area contributed by atoms with Gasteiger partial charge >= 0.3 is 5.69 Å². The molecule has 0 bridgehead atoms. The van der Waals surface area contributed by atoms with Gasteiger partial charge in [-0.05, 0) is 18.9 Å². The fraction of sp³-hybridized carbons (Fsp3) is 0.417. The summed E-state index contributed by atoms with van der Waals surface area (Å²) in [6, 6.07) is 1.39. The summed E-state index contributed by atoms with van der Waals surface area (Å²) < 4.78 is 27.2. The van der Waals surface area contributed by atoms with E-state index in [1.807, 2.05) is 6.92 Å². The Bertz CT molecular complexity index is 526. The number of rotatable bonds is 6. The number of halogens is 3. The number of amides is 1. The van der Waals surface area contributed by atoms with Gasteiger partial charge in [0.05, 0.1) is 4.92 Å². The maximum atomic E-state index is 13.7. The van der Waals surface area contributed by atoms with Crippen LogP contribution in [0.25, 0.3) is 0 Å². The van der Waals surface area contributed by atoms with Crippen LogP contribution in [0.15, 0.2) is 12.1 Å². The van der Waals surface area contributed by atoms with Gasteiger partial charge in [-0.15, -0.1) is 0 Å². The van der Waals surface area contributed by atoms with Crippen LogP contribution >= 0.6 is 15.9 Å². The van der Waals surface area contributed by atoms with Crippen LogP contribution in [0.5, 0.6) is 0 Å². The van der Waals surface area contributed by atoms with Crippen LogP contribution in [0.4, 0.5) is 14.5 Å². The number of hydrogen-bond acceptors (Lipinski definition) is 3. The van der Waals surface area contributed by atoms with Crippen molar-refractivity contribution in [3.05, 3.63) is 39.4 Å². The number of nitrogens with one attached hydrogen (secondary N) is 1. The van der Waals surface area contributed by atoms with E-state index in [1.165, 1.54) is 0 Å². The van der Waals surface area contributed by atoms with E-state index in [-0.39, 0.29) is 11.4 Å². The number of carbonyl (C=O) groups is 1. The lowest BCUT2D eigenvalue weighted by molar-refractivity contribution is -0.387. The van der Waals surface area contributed by atoms with Gasteiger partial charge in [0.15, 0.2) is 0 Å². The Hall–Kier alpha value is -1.57. The predicted molar refractivity (Wildman–Crippen MR) is 73.0 cm³/mol. The van der Waals surface area contributed by atoms with Crippen LogP contribution in [-0.2, 0) is 0 Å². The summed E-state index contributed by atoms with van der Waals surface area (Å²) in [5, 5.41) is 12.9. The lowest BCUT2D eigenvalue weighted by atomic mass is 10.1. The van der Waals surface area contributed by atoms with Crippen molar-refractivity contribution in [3.8, 4) is 0 Å². The summed E-state index contributed by atoms with van der Waals surface area (Å²) in [4.78, 5) is 21.4. The van der Waals surface area contributed by atoms with E-state index in [9.17, 15) is 23.7 Å². The van der Waals surface area contributed by atoms with Gasteiger partial charge in [0.2, 0.25) is 5.82 Å². The quantitative estimate of drug-likeness (QED) is 0.486. The molecular weight excluding hydrogens is 338 g/mol. The summed E-state index contributed by atoms with van der Waals surface area (Å²) >= 11 is 3.35. The lowest BCUT2D eigenvalue weighted by Crippen LogP contribution is -2.28. The van der Waals surface area contributed by atoms with E-state index in [0.717, 1.165) is 6.42 Å². The first-order valence-electron chi connectivity index (χ1n) is 5.93. The van der Waals surface area contributed by atoms with Gasteiger partial charge in [-0.1, -0.05) is 22.9 Å². The van der Waals surface area contributed by atoms with Crippen LogP contribution in [0, 0.1) is 21.7 Å². The Morgan fingerprint density at radius 2 is 2.15 bits per heavy atom. The van der Waals surface area contributed by atoms with Gasteiger partial charge in [0, 0.05) is 17.4 Å². The van der Waals surface area contributed by atoms with Crippen molar-refractivity contribution in [1.29, 1.82) is 0 Å². The molecule has 1 aromatic carbocycles. The number of carbonyl (C=O) groups excluding carboxylic acids is 1. The molecule has 0 aromatic heterocycles. The molecule has 1 aromatic rings. The first kappa shape index (κ1) is 16.5. The molecule has 0 fully saturated rings. The van der Waals surface area contributed by atoms with Crippen molar-refractivity contribution < 1.29 is 18.5 Å². The van der Waals surface area contributed by atoms with Gasteiger partial charge < -0.3 is 5.32 Å². The maximum Gasteiger partial charge on any atom is 0.305 e.